The Morgan fingerprint density at radius 3 is 2.30 bits per heavy atom. The molecule has 214 valence electrons. The molecule has 3 aromatic rings. The van der Waals surface area contributed by atoms with Gasteiger partial charge in [-0.1, -0.05) is 48.9 Å². The third-order valence-corrected chi connectivity index (χ3v) is 8.48. The first kappa shape index (κ1) is 30.6. The molecule has 8 nitrogen and oxygen atoms in total. The Morgan fingerprint density at radius 1 is 1.00 bits per heavy atom. The molecule has 0 unspecified atom stereocenters. The van der Waals surface area contributed by atoms with Crippen molar-refractivity contribution in [2.24, 2.45) is 0 Å². The lowest BCUT2D eigenvalue weighted by molar-refractivity contribution is -0.139. The van der Waals surface area contributed by atoms with Gasteiger partial charge in [0.05, 0.1) is 17.7 Å². The van der Waals surface area contributed by atoms with Gasteiger partial charge in [0.25, 0.3) is 10.0 Å². The molecule has 0 aliphatic rings. The minimum atomic E-state index is -4.22. The topological polar surface area (TPSA) is 96.0 Å². The summed E-state index contributed by atoms with van der Waals surface area (Å²) >= 11 is 0. The van der Waals surface area contributed by atoms with Crippen LogP contribution in [0.25, 0.3) is 0 Å². The van der Waals surface area contributed by atoms with Crippen molar-refractivity contribution < 1.29 is 27.1 Å². The highest BCUT2D eigenvalue weighted by Crippen LogP contribution is 2.28. The van der Waals surface area contributed by atoms with Gasteiger partial charge in [-0.05, 0) is 57.5 Å². The molecule has 0 radical (unpaired) electrons. The van der Waals surface area contributed by atoms with Gasteiger partial charge in [0, 0.05) is 24.2 Å². The Bertz CT molecular complexity index is 1430. The molecule has 2 amide bonds. The van der Waals surface area contributed by atoms with Crippen LogP contribution < -0.4 is 14.4 Å². The molecule has 0 aromatic heterocycles. The molecule has 3 rings (SSSR count). The average molecular weight is 570 g/mol. The summed E-state index contributed by atoms with van der Waals surface area (Å²) < 4.78 is 48.7. The van der Waals surface area contributed by atoms with Crippen LogP contribution in [0.2, 0.25) is 0 Å². The summed E-state index contributed by atoms with van der Waals surface area (Å²) in [6.45, 7) is 6.29. The number of hydrogen-bond acceptors (Lipinski definition) is 5. The molecule has 0 saturated heterocycles. The Morgan fingerprint density at radius 2 is 1.68 bits per heavy atom. The van der Waals surface area contributed by atoms with Crippen LogP contribution in [0.4, 0.5) is 10.1 Å². The predicted molar refractivity (Wildman–Crippen MR) is 153 cm³/mol. The highest BCUT2D eigenvalue weighted by molar-refractivity contribution is 7.92. The van der Waals surface area contributed by atoms with Gasteiger partial charge in [-0.2, -0.15) is 0 Å². The van der Waals surface area contributed by atoms with Gasteiger partial charge in [0.2, 0.25) is 11.8 Å². The van der Waals surface area contributed by atoms with E-state index in [1.165, 1.54) is 48.4 Å². The maximum Gasteiger partial charge on any atom is 0.264 e. The number of carbonyl (C=O) groups is 2. The second-order valence-corrected chi connectivity index (χ2v) is 11.5. The summed E-state index contributed by atoms with van der Waals surface area (Å²) in [4.78, 5) is 28.2. The van der Waals surface area contributed by atoms with Crippen molar-refractivity contribution in [2.75, 3.05) is 18.0 Å². The smallest absolute Gasteiger partial charge is 0.264 e. The molecule has 0 aliphatic heterocycles. The van der Waals surface area contributed by atoms with Gasteiger partial charge in [0.15, 0.2) is 0 Å². The van der Waals surface area contributed by atoms with E-state index in [0.717, 1.165) is 9.87 Å². The zero-order valence-electron chi connectivity index (χ0n) is 23.4. The van der Waals surface area contributed by atoms with Crippen LogP contribution in [0.5, 0.6) is 5.75 Å². The van der Waals surface area contributed by atoms with Crippen LogP contribution in [-0.2, 0) is 26.2 Å². The Hall–Kier alpha value is -3.92. The van der Waals surface area contributed by atoms with Crippen molar-refractivity contribution in [1.29, 1.82) is 0 Å². The second-order valence-electron chi connectivity index (χ2n) is 9.63. The average Bonchev–Trinajstić information content (AvgIpc) is 2.95. The second kappa shape index (κ2) is 13.4. The first-order valence-electron chi connectivity index (χ1n) is 13.0. The van der Waals surface area contributed by atoms with Crippen LogP contribution >= 0.6 is 0 Å². The van der Waals surface area contributed by atoms with Crippen molar-refractivity contribution in [3.8, 4) is 5.75 Å². The van der Waals surface area contributed by atoms with E-state index < -0.39 is 40.2 Å². The fourth-order valence-corrected chi connectivity index (χ4v) is 5.40. The van der Waals surface area contributed by atoms with Crippen molar-refractivity contribution in [3.63, 3.8) is 0 Å². The Labute approximate surface area is 235 Å². The van der Waals surface area contributed by atoms with E-state index in [1.54, 1.807) is 43.3 Å². The normalized spacial score (nSPS) is 12.8. The van der Waals surface area contributed by atoms with Gasteiger partial charge < -0.3 is 15.0 Å². The lowest BCUT2D eigenvalue weighted by Crippen LogP contribution is -2.52. The van der Waals surface area contributed by atoms with Gasteiger partial charge in [-0.25, -0.2) is 12.8 Å². The summed E-state index contributed by atoms with van der Waals surface area (Å²) in [6, 6.07) is 17.5. The van der Waals surface area contributed by atoms with E-state index in [9.17, 15) is 22.4 Å². The number of aryl methyl sites for hydroxylation is 1. The minimum Gasteiger partial charge on any atom is -0.497 e. The highest BCUT2D eigenvalue weighted by atomic mass is 32.2. The SMILES string of the molecule is CC[C@@H](C)NC(=O)[C@H](C)N(Cc1ccccc1F)C(=O)CN(c1cccc(OC)c1)S(=O)(=O)c1ccc(C)cc1. The number of amides is 2. The Kier molecular flexibility index (Phi) is 10.3. The first-order valence-corrected chi connectivity index (χ1v) is 14.5. The summed E-state index contributed by atoms with van der Waals surface area (Å²) in [5.74, 6) is -1.23. The number of sulfonamides is 1. The molecule has 10 heteroatoms. The lowest BCUT2D eigenvalue weighted by Gasteiger charge is -2.32. The summed E-state index contributed by atoms with van der Waals surface area (Å²) in [5, 5.41) is 2.85. The number of halogens is 1. The van der Waals surface area contributed by atoms with E-state index >= 15 is 0 Å². The molecule has 0 bridgehead atoms. The zero-order valence-corrected chi connectivity index (χ0v) is 24.2. The predicted octanol–water partition coefficient (Wildman–Crippen LogP) is 4.67. The van der Waals surface area contributed by atoms with Gasteiger partial charge in [-0.3, -0.25) is 13.9 Å². The number of hydrogen-bond donors (Lipinski definition) is 1. The van der Waals surface area contributed by atoms with E-state index in [2.05, 4.69) is 5.32 Å². The summed E-state index contributed by atoms with van der Waals surface area (Å²) in [7, 11) is -2.76. The number of nitrogens with one attached hydrogen (secondary N) is 1. The van der Waals surface area contributed by atoms with E-state index in [1.807, 2.05) is 20.8 Å². The van der Waals surface area contributed by atoms with Crippen LogP contribution in [0.1, 0.15) is 38.3 Å². The number of benzene rings is 3. The zero-order chi connectivity index (χ0) is 29.4. The molecule has 3 aromatic carbocycles. The number of ether oxygens (including phenoxy) is 1. The van der Waals surface area contributed by atoms with E-state index in [0.29, 0.717) is 12.2 Å². The summed E-state index contributed by atoms with van der Waals surface area (Å²) in [5.41, 5.74) is 1.28. The molecule has 0 saturated carbocycles. The molecule has 0 aliphatic carbocycles. The number of nitrogens with zero attached hydrogens (tertiary/aromatic N) is 2. The molecular weight excluding hydrogens is 533 g/mol. The van der Waals surface area contributed by atoms with Gasteiger partial charge >= 0.3 is 0 Å². The van der Waals surface area contributed by atoms with Crippen LogP contribution in [0.15, 0.2) is 77.7 Å². The molecule has 0 spiro atoms. The first-order chi connectivity index (χ1) is 19.0. The largest absolute Gasteiger partial charge is 0.497 e. The van der Waals surface area contributed by atoms with Crippen molar-refractivity contribution in [2.45, 2.75) is 57.6 Å². The fourth-order valence-electron chi connectivity index (χ4n) is 3.99. The Balaban J connectivity index is 2.05. The number of carbonyl (C=O) groups excluding carboxylic acids is 2. The van der Waals surface area contributed by atoms with E-state index in [4.69, 9.17) is 4.74 Å². The molecule has 40 heavy (non-hydrogen) atoms. The number of methoxy groups -OCH3 is 1. The monoisotopic (exact) mass is 569 g/mol. The maximum absolute atomic E-state index is 14.6. The minimum absolute atomic E-state index is 0.00284. The molecule has 0 fully saturated rings. The van der Waals surface area contributed by atoms with Gasteiger partial charge in [0.1, 0.15) is 24.2 Å². The molecular formula is C30H36FN3O5S. The van der Waals surface area contributed by atoms with Crippen LogP contribution in [0.3, 0.4) is 0 Å². The molecule has 1 N–H and O–H groups in total. The molecule has 0 heterocycles. The summed E-state index contributed by atoms with van der Waals surface area (Å²) in [6.07, 6.45) is 0.679. The molecule has 2 atom stereocenters. The number of rotatable bonds is 12. The number of anilines is 1. The van der Waals surface area contributed by atoms with Crippen molar-refractivity contribution in [1.82, 2.24) is 10.2 Å². The van der Waals surface area contributed by atoms with Crippen molar-refractivity contribution in [3.05, 3.63) is 89.7 Å². The third kappa shape index (κ3) is 7.38. The standard InChI is InChI=1S/C30H36FN3O5S/c1-6-22(3)32-30(36)23(4)33(19-24-10-7-8-13-28(24)31)29(35)20-34(25-11-9-12-26(18-25)39-5)40(37,38)27-16-14-21(2)15-17-27/h7-18,22-23H,6,19-20H2,1-5H3,(H,32,36)/t22-,23+/m1/s1. The fraction of sp³-hybridized carbons (Fsp3) is 0.333. The highest BCUT2D eigenvalue weighted by Gasteiger charge is 2.33. The quantitative estimate of drug-likeness (QED) is 0.342. The van der Waals surface area contributed by atoms with Crippen LogP contribution in [-0.4, -0.2) is 50.9 Å². The van der Waals surface area contributed by atoms with Gasteiger partial charge in [-0.15, -0.1) is 0 Å². The lowest BCUT2D eigenvalue weighted by atomic mass is 10.1. The van der Waals surface area contributed by atoms with Crippen molar-refractivity contribution >= 4 is 27.5 Å². The maximum atomic E-state index is 14.6. The third-order valence-electron chi connectivity index (χ3n) is 6.70. The van der Waals surface area contributed by atoms with E-state index in [-0.39, 0.29) is 28.7 Å². The van der Waals surface area contributed by atoms with Crippen LogP contribution in [0, 0.1) is 12.7 Å².